The number of ether oxygens (including phenoxy) is 1. The molecule has 142 valence electrons. The fourth-order valence-electron chi connectivity index (χ4n) is 2.35. The molecule has 2 aromatic rings. The summed E-state index contributed by atoms with van der Waals surface area (Å²) in [5.74, 6) is -0.183. The van der Waals surface area contributed by atoms with Gasteiger partial charge in [-0.1, -0.05) is 32.0 Å². The van der Waals surface area contributed by atoms with Gasteiger partial charge in [-0.15, -0.1) is 0 Å². The molecule has 27 heavy (non-hydrogen) atoms. The van der Waals surface area contributed by atoms with Crippen LogP contribution in [0.2, 0.25) is 0 Å². The third-order valence-corrected chi connectivity index (χ3v) is 4.08. The van der Waals surface area contributed by atoms with E-state index in [0.717, 1.165) is 12.0 Å². The lowest BCUT2D eigenvalue weighted by Gasteiger charge is -2.15. The maximum atomic E-state index is 12.0. The zero-order valence-electron chi connectivity index (χ0n) is 15.1. The highest BCUT2D eigenvalue weighted by Gasteiger charge is 2.13. The Kier molecular flexibility index (Phi) is 6.87. The molecule has 0 radical (unpaired) electrons. The summed E-state index contributed by atoms with van der Waals surface area (Å²) in [5, 5.41) is 10.6. The highest BCUT2D eigenvalue weighted by molar-refractivity contribution is 5.95. The number of benzene rings is 2. The Morgan fingerprint density at radius 1 is 1.11 bits per heavy atom. The van der Waals surface area contributed by atoms with Gasteiger partial charge < -0.3 is 4.74 Å². The van der Waals surface area contributed by atoms with Crippen LogP contribution in [0.15, 0.2) is 48.5 Å². The van der Waals surface area contributed by atoms with E-state index in [0.29, 0.717) is 11.7 Å². The summed E-state index contributed by atoms with van der Waals surface area (Å²) in [6, 6.07) is 12.5. The number of nitrogens with one attached hydrogen (secondary N) is 2. The van der Waals surface area contributed by atoms with Crippen molar-refractivity contribution >= 4 is 17.5 Å². The number of nitro groups is 1. The molecule has 0 saturated heterocycles. The highest BCUT2D eigenvalue weighted by atomic mass is 16.6. The number of hydrogen-bond donors (Lipinski definition) is 2. The number of nitro benzene ring substituents is 1. The zero-order valence-corrected chi connectivity index (χ0v) is 15.1. The minimum Gasteiger partial charge on any atom is -0.483 e. The molecule has 0 spiro atoms. The highest BCUT2D eigenvalue weighted by Crippen LogP contribution is 2.28. The number of carbonyl (C=O) groups is 2. The third kappa shape index (κ3) is 5.53. The van der Waals surface area contributed by atoms with Gasteiger partial charge in [0.1, 0.15) is 5.75 Å². The van der Waals surface area contributed by atoms with Crippen LogP contribution in [-0.4, -0.2) is 23.3 Å². The van der Waals surface area contributed by atoms with E-state index in [4.69, 9.17) is 4.74 Å². The summed E-state index contributed by atoms with van der Waals surface area (Å²) >= 11 is 0. The minimum atomic E-state index is -0.585. The molecule has 2 rings (SSSR count). The van der Waals surface area contributed by atoms with Gasteiger partial charge in [0.05, 0.1) is 4.92 Å². The number of amides is 2. The van der Waals surface area contributed by atoms with E-state index in [1.807, 2.05) is 18.2 Å². The molecule has 0 aliphatic carbocycles. The molecule has 1 atom stereocenters. The second-order valence-corrected chi connectivity index (χ2v) is 5.94. The van der Waals surface area contributed by atoms with Crippen LogP contribution >= 0.6 is 0 Å². The maximum Gasteiger partial charge on any atom is 0.276 e. The molecule has 0 aliphatic heterocycles. The predicted octanol–water partition coefficient (Wildman–Crippen LogP) is 2.95. The van der Waals surface area contributed by atoms with Crippen LogP contribution in [0, 0.1) is 10.1 Å². The summed E-state index contributed by atoms with van der Waals surface area (Å²) in [6.07, 6.45) is 0.942. The molecule has 0 bridgehead atoms. The molecular weight excluding hydrogens is 350 g/mol. The molecule has 2 N–H and O–H groups in total. The first-order valence-corrected chi connectivity index (χ1v) is 8.47. The number of non-ortho nitro benzene ring substituents is 1. The first-order valence-electron chi connectivity index (χ1n) is 8.47. The number of hydrazine groups is 1. The van der Waals surface area contributed by atoms with Gasteiger partial charge in [0.2, 0.25) is 0 Å². The van der Waals surface area contributed by atoms with Crippen molar-refractivity contribution in [1.82, 2.24) is 10.9 Å². The van der Waals surface area contributed by atoms with E-state index in [2.05, 4.69) is 24.7 Å². The zero-order chi connectivity index (χ0) is 19.8. The Bertz CT molecular complexity index is 820. The fourth-order valence-corrected chi connectivity index (χ4v) is 2.35. The Morgan fingerprint density at radius 2 is 1.78 bits per heavy atom. The van der Waals surface area contributed by atoms with Gasteiger partial charge in [-0.2, -0.15) is 0 Å². The second-order valence-electron chi connectivity index (χ2n) is 5.94. The Balaban J connectivity index is 1.86. The number of para-hydroxylation sites is 1. The summed E-state index contributed by atoms with van der Waals surface area (Å²) in [4.78, 5) is 33.9. The topological polar surface area (TPSA) is 111 Å². The molecule has 2 aromatic carbocycles. The summed E-state index contributed by atoms with van der Waals surface area (Å²) in [7, 11) is 0. The summed E-state index contributed by atoms with van der Waals surface area (Å²) < 4.78 is 5.56. The van der Waals surface area contributed by atoms with E-state index in [9.17, 15) is 19.7 Å². The second kappa shape index (κ2) is 9.33. The van der Waals surface area contributed by atoms with Crippen molar-refractivity contribution in [3.05, 3.63) is 69.8 Å². The normalized spacial score (nSPS) is 11.3. The predicted molar refractivity (Wildman–Crippen MR) is 99.3 cm³/mol. The molecule has 8 nitrogen and oxygen atoms in total. The molecule has 0 unspecified atom stereocenters. The maximum absolute atomic E-state index is 12.0. The minimum absolute atomic E-state index is 0.121. The van der Waals surface area contributed by atoms with Crippen LogP contribution in [0.4, 0.5) is 5.69 Å². The van der Waals surface area contributed by atoms with E-state index in [1.54, 1.807) is 6.07 Å². The average Bonchev–Trinajstić information content (AvgIpc) is 2.70. The fraction of sp³-hybridized carbons (Fsp3) is 0.263. The number of rotatable bonds is 7. The SMILES string of the molecule is CC[C@H](C)c1ccccc1OCC(=O)NNC(=O)c1ccc([N+](=O)[O-])cc1. The van der Waals surface area contributed by atoms with Gasteiger partial charge in [0, 0.05) is 17.7 Å². The van der Waals surface area contributed by atoms with E-state index >= 15 is 0 Å². The van der Waals surface area contributed by atoms with Gasteiger partial charge >= 0.3 is 0 Å². The molecule has 0 saturated carbocycles. The van der Waals surface area contributed by atoms with Gasteiger partial charge in [-0.3, -0.25) is 30.6 Å². The van der Waals surface area contributed by atoms with Crippen molar-refractivity contribution in [2.75, 3.05) is 6.61 Å². The van der Waals surface area contributed by atoms with Crippen LogP contribution in [0.1, 0.15) is 42.1 Å². The van der Waals surface area contributed by atoms with Crippen LogP contribution in [0.5, 0.6) is 5.75 Å². The van der Waals surface area contributed by atoms with E-state index < -0.39 is 16.7 Å². The quantitative estimate of drug-likeness (QED) is 0.574. The third-order valence-electron chi connectivity index (χ3n) is 4.08. The Hall–Kier alpha value is -3.42. The monoisotopic (exact) mass is 371 g/mol. The lowest BCUT2D eigenvalue weighted by atomic mass is 9.98. The molecular formula is C19H21N3O5. The number of carbonyl (C=O) groups excluding carboxylic acids is 2. The first kappa shape index (κ1) is 19.9. The molecule has 0 heterocycles. The van der Waals surface area contributed by atoms with Gasteiger partial charge in [-0.05, 0) is 36.1 Å². The van der Waals surface area contributed by atoms with Crippen LogP contribution in [0.3, 0.4) is 0 Å². The smallest absolute Gasteiger partial charge is 0.276 e. The molecule has 2 amide bonds. The summed E-state index contributed by atoms with van der Waals surface area (Å²) in [6.45, 7) is 3.89. The largest absolute Gasteiger partial charge is 0.483 e. The standard InChI is InChI=1S/C19H21N3O5/c1-3-13(2)16-6-4-5-7-17(16)27-12-18(23)20-21-19(24)14-8-10-15(11-9-14)22(25)26/h4-11,13H,3,12H2,1-2H3,(H,20,23)(H,21,24)/t13-/m0/s1. The summed E-state index contributed by atoms with van der Waals surface area (Å²) in [5.41, 5.74) is 5.58. The van der Waals surface area contributed by atoms with Gasteiger partial charge in [-0.25, -0.2) is 0 Å². The van der Waals surface area contributed by atoms with Crippen molar-refractivity contribution < 1.29 is 19.2 Å². The van der Waals surface area contributed by atoms with Crippen molar-refractivity contribution in [3.8, 4) is 5.75 Å². The number of nitrogens with zero attached hydrogens (tertiary/aromatic N) is 1. The van der Waals surface area contributed by atoms with Crippen molar-refractivity contribution in [3.63, 3.8) is 0 Å². The van der Waals surface area contributed by atoms with Gasteiger partial charge in [0.15, 0.2) is 6.61 Å². The average molecular weight is 371 g/mol. The lowest BCUT2D eigenvalue weighted by molar-refractivity contribution is -0.384. The van der Waals surface area contributed by atoms with Crippen molar-refractivity contribution in [2.45, 2.75) is 26.2 Å². The molecule has 0 fully saturated rings. The molecule has 0 aliphatic rings. The lowest BCUT2D eigenvalue weighted by Crippen LogP contribution is -2.43. The van der Waals surface area contributed by atoms with E-state index in [1.165, 1.54) is 24.3 Å². The molecule has 8 heteroatoms. The Labute approximate surface area is 156 Å². The number of hydrogen-bond acceptors (Lipinski definition) is 5. The van der Waals surface area contributed by atoms with Gasteiger partial charge in [0.25, 0.3) is 17.5 Å². The van der Waals surface area contributed by atoms with E-state index in [-0.39, 0.29) is 17.9 Å². The van der Waals surface area contributed by atoms with Crippen LogP contribution in [-0.2, 0) is 4.79 Å². The first-order chi connectivity index (χ1) is 12.9. The van der Waals surface area contributed by atoms with Crippen molar-refractivity contribution in [1.29, 1.82) is 0 Å². The molecule has 0 aromatic heterocycles. The van der Waals surface area contributed by atoms with Crippen LogP contribution in [0.25, 0.3) is 0 Å². The van der Waals surface area contributed by atoms with Crippen molar-refractivity contribution in [2.24, 2.45) is 0 Å². The van der Waals surface area contributed by atoms with Crippen LogP contribution < -0.4 is 15.6 Å². The Morgan fingerprint density at radius 3 is 2.41 bits per heavy atom.